The van der Waals surface area contributed by atoms with Crippen molar-refractivity contribution >= 4 is 17.3 Å². The zero-order chi connectivity index (χ0) is 23.3. The Bertz CT molecular complexity index is 1210. The molecule has 3 aromatic heterocycles. The maximum atomic E-state index is 11.1. The first-order chi connectivity index (χ1) is 16.7. The second-order valence-electron chi connectivity index (χ2n) is 8.27. The Morgan fingerprint density at radius 1 is 1.18 bits per heavy atom. The fourth-order valence-electron chi connectivity index (χ4n) is 4.27. The Balaban J connectivity index is 1.18. The van der Waals surface area contributed by atoms with Crippen molar-refractivity contribution < 1.29 is 18.7 Å². The Kier molecular flexibility index (Phi) is 6.66. The number of aldehydes is 1. The minimum Gasteiger partial charge on any atom is -0.464 e. The van der Waals surface area contributed by atoms with E-state index >= 15 is 0 Å². The Labute approximate surface area is 197 Å². The lowest BCUT2D eigenvalue weighted by Gasteiger charge is -2.36. The monoisotopic (exact) mass is 461 g/mol. The number of fused-ring (bicyclic) bond motifs is 1. The van der Waals surface area contributed by atoms with Gasteiger partial charge in [0.2, 0.25) is 5.88 Å². The lowest BCUT2D eigenvalue weighted by Crippen LogP contribution is -2.51. The van der Waals surface area contributed by atoms with Gasteiger partial charge in [0, 0.05) is 75.3 Å². The van der Waals surface area contributed by atoms with Crippen LogP contribution >= 0.6 is 0 Å². The fraction of sp³-hybridized carbons (Fsp3) is 0.320. The molecule has 1 saturated heterocycles. The molecule has 0 saturated carbocycles. The number of nitrogens with zero attached hydrogens (tertiary/aromatic N) is 4. The molecule has 9 heteroatoms. The molecule has 0 bridgehead atoms. The molecule has 4 heterocycles. The molecule has 1 aromatic carbocycles. The molecule has 1 aliphatic heterocycles. The van der Waals surface area contributed by atoms with Gasteiger partial charge in [0.1, 0.15) is 11.3 Å². The number of hydrogen-bond acceptors (Lipinski definition) is 8. The summed E-state index contributed by atoms with van der Waals surface area (Å²) < 4.78 is 17.0. The molecule has 4 aromatic rings. The van der Waals surface area contributed by atoms with Gasteiger partial charge in [-0.2, -0.15) is 5.10 Å². The van der Waals surface area contributed by atoms with Crippen molar-refractivity contribution in [3.63, 3.8) is 0 Å². The lowest BCUT2D eigenvalue weighted by molar-refractivity contribution is -0.129. The van der Waals surface area contributed by atoms with E-state index in [4.69, 9.17) is 13.9 Å². The number of H-pyrrole nitrogens is 1. The van der Waals surface area contributed by atoms with Gasteiger partial charge < -0.3 is 18.8 Å². The van der Waals surface area contributed by atoms with Gasteiger partial charge in [0.25, 0.3) is 0 Å². The third-order valence-corrected chi connectivity index (χ3v) is 6.22. The van der Waals surface area contributed by atoms with E-state index in [2.05, 4.69) is 25.0 Å². The molecule has 1 atom stereocenters. The summed E-state index contributed by atoms with van der Waals surface area (Å²) in [5.74, 6) is 1.19. The van der Waals surface area contributed by atoms with Crippen molar-refractivity contribution in [2.75, 3.05) is 39.8 Å². The number of benzene rings is 1. The van der Waals surface area contributed by atoms with E-state index in [1.54, 1.807) is 19.5 Å². The first-order valence-electron chi connectivity index (χ1n) is 11.3. The molecule has 1 N–H and O–H groups in total. The average Bonchev–Trinajstić information content (AvgIpc) is 3.55. The van der Waals surface area contributed by atoms with E-state index in [9.17, 15) is 4.79 Å². The smallest absolute Gasteiger partial charge is 0.219 e. The number of ether oxygens (including phenoxy) is 2. The molecule has 0 amide bonds. The molecule has 1 unspecified atom stereocenters. The fourth-order valence-corrected chi connectivity index (χ4v) is 4.27. The highest BCUT2D eigenvalue weighted by atomic mass is 16.5. The average molecular weight is 462 g/mol. The quantitative estimate of drug-likeness (QED) is 0.379. The number of nitrogens with one attached hydrogen (secondary N) is 1. The summed E-state index contributed by atoms with van der Waals surface area (Å²) in [6.07, 6.45) is 6.60. The van der Waals surface area contributed by atoms with Gasteiger partial charge >= 0.3 is 0 Å². The number of carbonyl (C=O) groups excluding carboxylic acids is 1. The zero-order valence-corrected chi connectivity index (χ0v) is 19.0. The second-order valence-corrected chi connectivity index (χ2v) is 8.27. The van der Waals surface area contributed by atoms with Crippen molar-refractivity contribution in [1.29, 1.82) is 0 Å². The largest absolute Gasteiger partial charge is 0.464 e. The van der Waals surface area contributed by atoms with Crippen LogP contribution in [-0.4, -0.2) is 77.3 Å². The molecule has 1 fully saturated rings. The van der Waals surface area contributed by atoms with Crippen LogP contribution in [0.2, 0.25) is 0 Å². The Morgan fingerprint density at radius 2 is 2.06 bits per heavy atom. The van der Waals surface area contributed by atoms with Crippen molar-refractivity contribution in [3.05, 3.63) is 60.6 Å². The standard InChI is InChI=1S/C25H27N5O4/c1-32-25(16-31)30-12-10-29(11-13-30)9-7-19-17-33-23-14-20(3-4-21(19)23)34-24-5-2-18(15-26-24)22-6-8-27-28-22/h2-6,8,14-17,25H,7,9-13H2,1H3,(H,27,28). The van der Waals surface area contributed by atoms with Gasteiger partial charge in [0.05, 0.1) is 12.0 Å². The van der Waals surface area contributed by atoms with Crippen molar-refractivity contribution in [2.24, 2.45) is 0 Å². The summed E-state index contributed by atoms with van der Waals surface area (Å²) >= 11 is 0. The van der Waals surface area contributed by atoms with Gasteiger partial charge in [-0.3, -0.25) is 14.8 Å². The minimum atomic E-state index is -0.444. The van der Waals surface area contributed by atoms with Crippen LogP contribution < -0.4 is 4.74 Å². The van der Waals surface area contributed by atoms with Crippen molar-refractivity contribution in [3.8, 4) is 22.9 Å². The normalized spacial score (nSPS) is 16.0. The highest BCUT2D eigenvalue weighted by Crippen LogP contribution is 2.29. The topological polar surface area (TPSA) is 96.7 Å². The number of aromatic nitrogens is 3. The van der Waals surface area contributed by atoms with Crippen LogP contribution in [0, 0.1) is 0 Å². The van der Waals surface area contributed by atoms with Crippen LogP contribution in [0.5, 0.6) is 11.6 Å². The number of hydrogen-bond donors (Lipinski definition) is 1. The third kappa shape index (κ3) is 4.86. The maximum absolute atomic E-state index is 11.1. The first kappa shape index (κ1) is 22.3. The highest BCUT2D eigenvalue weighted by Gasteiger charge is 2.23. The van der Waals surface area contributed by atoms with Gasteiger partial charge in [-0.1, -0.05) is 0 Å². The number of piperazine rings is 1. The van der Waals surface area contributed by atoms with Gasteiger partial charge in [-0.15, -0.1) is 0 Å². The van der Waals surface area contributed by atoms with Gasteiger partial charge in [-0.05, 0) is 36.2 Å². The number of rotatable bonds is 9. The zero-order valence-electron chi connectivity index (χ0n) is 19.0. The van der Waals surface area contributed by atoms with Crippen LogP contribution in [0.1, 0.15) is 5.56 Å². The minimum absolute atomic E-state index is 0.444. The molecule has 176 valence electrons. The predicted molar refractivity (Wildman–Crippen MR) is 127 cm³/mol. The summed E-state index contributed by atoms with van der Waals surface area (Å²) in [6.45, 7) is 4.40. The molecular formula is C25H27N5O4. The first-order valence-corrected chi connectivity index (χ1v) is 11.3. The summed E-state index contributed by atoms with van der Waals surface area (Å²) in [6, 6.07) is 11.5. The SMILES string of the molecule is COC(C=O)N1CCN(CCc2coc3cc(Oc4ccc(-c5ccn[nH]5)cn4)ccc23)CC1. The molecule has 5 rings (SSSR count). The van der Waals surface area contributed by atoms with Crippen LogP contribution in [-0.2, 0) is 16.0 Å². The third-order valence-electron chi connectivity index (χ3n) is 6.22. The molecule has 0 spiro atoms. The number of aromatic amines is 1. The maximum Gasteiger partial charge on any atom is 0.219 e. The summed E-state index contributed by atoms with van der Waals surface area (Å²) in [7, 11) is 1.57. The molecule has 9 nitrogen and oxygen atoms in total. The van der Waals surface area contributed by atoms with Crippen molar-refractivity contribution in [1.82, 2.24) is 25.0 Å². The van der Waals surface area contributed by atoms with Crippen molar-refractivity contribution in [2.45, 2.75) is 12.6 Å². The molecule has 1 aliphatic rings. The van der Waals surface area contributed by atoms with E-state index in [1.165, 1.54) is 5.56 Å². The van der Waals surface area contributed by atoms with E-state index in [0.29, 0.717) is 11.6 Å². The second kappa shape index (κ2) is 10.2. The predicted octanol–water partition coefficient (Wildman–Crippen LogP) is 3.34. The Morgan fingerprint density at radius 3 is 2.76 bits per heavy atom. The Hall–Kier alpha value is -3.53. The van der Waals surface area contributed by atoms with E-state index < -0.39 is 6.23 Å². The lowest BCUT2D eigenvalue weighted by atomic mass is 10.1. The van der Waals surface area contributed by atoms with Gasteiger partial charge in [-0.25, -0.2) is 4.98 Å². The van der Waals surface area contributed by atoms with Crippen LogP contribution in [0.4, 0.5) is 0 Å². The highest BCUT2D eigenvalue weighted by molar-refractivity contribution is 5.82. The molecule has 34 heavy (non-hydrogen) atoms. The number of pyridine rings is 1. The summed E-state index contributed by atoms with van der Waals surface area (Å²) in [5, 5.41) is 7.97. The van der Waals surface area contributed by atoms with E-state index in [1.807, 2.05) is 42.7 Å². The van der Waals surface area contributed by atoms with Gasteiger partial charge in [0.15, 0.2) is 12.5 Å². The molecular weight excluding hydrogens is 434 g/mol. The van der Waals surface area contributed by atoms with Crippen LogP contribution in [0.3, 0.4) is 0 Å². The van der Waals surface area contributed by atoms with E-state index in [0.717, 1.165) is 67.7 Å². The number of carbonyl (C=O) groups is 1. The van der Waals surface area contributed by atoms with E-state index in [-0.39, 0.29) is 0 Å². The molecule has 0 aliphatic carbocycles. The number of methoxy groups -OCH3 is 1. The summed E-state index contributed by atoms with van der Waals surface area (Å²) in [5.41, 5.74) is 3.82. The van der Waals surface area contributed by atoms with Crippen LogP contribution in [0.15, 0.2) is 59.5 Å². The molecule has 0 radical (unpaired) electrons. The van der Waals surface area contributed by atoms with Crippen LogP contribution in [0.25, 0.3) is 22.2 Å². The number of furan rings is 1. The summed E-state index contributed by atoms with van der Waals surface area (Å²) in [4.78, 5) is 20.0.